The molecule has 7 aliphatic rings. The van der Waals surface area contributed by atoms with Gasteiger partial charge in [-0.05, 0) is 112 Å². The standard InChI is InChI=1S/C51H59Cl2FN8O6/c52-30-13-16-36-39(27-30)58-49(68)51(36)42(34-8-4-9-37(53)43(34)54)44(60-50(51)21-2-1-3-22-50)47(66)57-31-14-11-29(12-15-31)45(64)55-23-6-24-61-25-19-32(20-26-61)56-38-10-5-7-33-35(38)28-62(48(33)67)40-17-18-41(63)59-46(40)65/h4-5,7-10,13,16,27,29,31-32,40,42,44,56,60H,1-3,6,11-12,14-15,17-26,28H2,(H,55,64)(H,57,66)(H,58,68)(H,59,63,65)/t29-,31-,40?,42-,44+,51+/m0/s1. The molecule has 17 heteroatoms. The molecule has 5 fully saturated rings. The summed E-state index contributed by atoms with van der Waals surface area (Å²) in [6.45, 7) is 3.57. The van der Waals surface area contributed by atoms with Gasteiger partial charge in [-0.25, -0.2) is 4.39 Å². The van der Waals surface area contributed by atoms with Crippen LogP contribution in [0, 0.1) is 11.7 Å². The number of piperidine rings is 2. The number of hydrogen-bond acceptors (Lipinski definition) is 9. The largest absolute Gasteiger partial charge is 0.382 e. The molecule has 3 saturated heterocycles. The minimum atomic E-state index is -1.30. The van der Waals surface area contributed by atoms with Gasteiger partial charge in [0, 0.05) is 89.6 Å². The monoisotopic (exact) mass is 968 g/mol. The third-order valence-electron chi connectivity index (χ3n) is 16.2. The molecule has 5 heterocycles. The van der Waals surface area contributed by atoms with E-state index in [0.29, 0.717) is 79.9 Å². The number of imide groups is 1. The Morgan fingerprint density at radius 2 is 1.60 bits per heavy atom. The molecule has 68 heavy (non-hydrogen) atoms. The summed E-state index contributed by atoms with van der Waals surface area (Å²) in [7, 11) is 0. The molecule has 6 amide bonds. The highest BCUT2D eigenvalue weighted by Gasteiger charge is 2.72. The van der Waals surface area contributed by atoms with Crippen LogP contribution in [0.2, 0.25) is 10.0 Å². The summed E-state index contributed by atoms with van der Waals surface area (Å²) in [4.78, 5) is 84.3. The second-order valence-corrected chi connectivity index (χ2v) is 20.9. The van der Waals surface area contributed by atoms with Crippen LogP contribution in [0.3, 0.4) is 0 Å². The Hall–Kier alpha value is -5.09. The summed E-state index contributed by atoms with van der Waals surface area (Å²) in [5.41, 5.74) is 1.78. The van der Waals surface area contributed by atoms with E-state index in [1.165, 1.54) is 6.07 Å². The van der Waals surface area contributed by atoms with E-state index < -0.39 is 40.7 Å². The van der Waals surface area contributed by atoms with Crippen molar-refractivity contribution in [2.24, 2.45) is 5.92 Å². The predicted octanol–water partition coefficient (Wildman–Crippen LogP) is 6.30. The third kappa shape index (κ3) is 8.34. The SMILES string of the molecule is O=C1CCC(N2Cc3c(NC4CCN(CCCNC(=O)[C@H]5CC[C@H](NC(=O)[C@@H]6NC7(CCCCC7)[C@@]7(C(=O)Nc8cc(Cl)ccc87)[C@H]6c6cccc(Cl)c6F)CC5)CC4)cccc3C2=O)C(=O)N1. The summed E-state index contributed by atoms with van der Waals surface area (Å²) < 4.78 is 16.3. The molecule has 5 aliphatic heterocycles. The fourth-order valence-corrected chi connectivity index (χ4v) is 13.3. The third-order valence-corrected chi connectivity index (χ3v) is 16.8. The fraction of sp³-hybridized carbons (Fsp3) is 0.529. The van der Waals surface area contributed by atoms with Gasteiger partial charge in [0.15, 0.2) is 0 Å². The van der Waals surface area contributed by atoms with E-state index >= 15 is 4.39 Å². The molecule has 2 spiro atoms. The molecule has 0 aromatic heterocycles. The summed E-state index contributed by atoms with van der Waals surface area (Å²) in [5, 5.41) is 19.7. The van der Waals surface area contributed by atoms with Gasteiger partial charge in [0.2, 0.25) is 29.5 Å². The number of fused-ring (bicyclic) bond motifs is 4. The van der Waals surface area contributed by atoms with E-state index in [4.69, 9.17) is 23.2 Å². The number of halogens is 3. The van der Waals surface area contributed by atoms with Crippen LogP contribution in [0.15, 0.2) is 54.6 Å². The van der Waals surface area contributed by atoms with E-state index in [-0.39, 0.29) is 64.5 Å². The Morgan fingerprint density at radius 1 is 0.838 bits per heavy atom. The molecule has 2 aliphatic carbocycles. The zero-order valence-electron chi connectivity index (χ0n) is 38.1. The maximum absolute atomic E-state index is 16.3. The number of anilines is 2. The van der Waals surface area contributed by atoms with Crippen LogP contribution in [0.1, 0.15) is 123 Å². The number of benzene rings is 3. The minimum Gasteiger partial charge on any atom is -0.382 e. The maximum atomic E-state index is 16.3. The molecule has 6 N–H and O–H groups in total. The Bertz CT molecular complexity index is 2520. The number of amides is 6. The Kier molecular flexibility index (Phi) is 13.0. The summed E-state index contributed by atoms with van der Waals surface area (Å²) in [5.74, 6) is -3.14. The van der Waals surface area contributed by atoms with Crippen molar-refractivity contribution >= 4 is 70.0 Å². The predicted molar refractivity (Wildman–Crippen MR) is 256 cm³/mol. The molecule has 0 bridgehead atoms. The lowest BCUT2D eigenvalue weighted by Crippen LogP contribution is -2.60. The van der Waals surface area contributed by atoms with Crippen LogP contribution < -0.4 is 31.9 Å². The first-order valence-corrected chi connectivity index (χ1v) is 25.3. The molecule has 14 nitrogen and oxygen atoms in total. The van der Waals surface area contributed by atoms with E-state index in [9.17, 15) is 28.8 Å². The quantitative estimate of drug-likeness (QED) is 0.0950. The van der Waals surface area contributed by atoms with Crippen molar-refractivity contribution in [2.45, 2.75) is 137 Å². The number of carbonyl (C=O) groups excluding carboxylic acids is 6. The van der Waals surface area contributed by atoms with Crippen LogP contribution >= 0.6 is 23.2 Å². The van der Waals surface area contributed by atoms with Crippen LogP contribution in [0.4, 0.5) is 15.8 Å². The van der Waals surface area contributed by atoms with E-state index in [0.717, 1.165) is 69.4 Å². The molecular formula is C51H59Cl2FN8O6. The lowest BCUT2D eigenvalue weighted by molar-refractivity contribution is -0.137. The lowest BCUT2D eigenvalue weighted by atomic mass is 9.55. The number of likely N-dealkylation sites (tertiary alicyclic amines) is 1. The highest BCUT2D eigenvalue weighted by molar-refractivity contribution is 6.31. The number of rotatable bonds is 11. The van der Waals surface area contributed by atoms with Crippen molar-refractivity contribution < 1.29 is 33.2 Å². The summed E-state index contributed by atoms with van der Waals surface area (Å²) in [6, 6.07) is 14.2. The number of carbonyl (C=O) groups is 6. The first-order chi connectivity index (χ1) is 32.9. The van der Waals surface area contributed by atoms with Crippen LogP contribution in [-0.4, -0.2) is 101 Å². The van der Waals surface area contributed by atoms with Gasteiger partial charge in [0.25, 0.3) is 5.91 Å². The highest BCUT2D eigenvalue weighted by Crippen LogP contribution is 2.63. The van der Waals surface area contributed by atoms with Gasteiger partial charge in [-0.1, -0.05) is 66.7 Å². The summed E-state index contributed by atoms with van der Waals surface area (Å²) in [6.07, 6.45) is 9.69. The average molecular weight is 970 g/mol. The van der Waals surface area contributed by atoms with Gasteiger partial charge < -0.3 is 31.1 Å². The van der Waals surface area contributed by atoms with Crippen molar-refractivity contribution in [3.05, 3.63) is 92.7 Å². The molecule has 0 radical (unpaired) electrons. The van der Waals surface area contributed by atoms with Crippen molar-refractivity contribution in [3.8, 4) is 0 Å². The normalized spacial score (nSPS) is 28.0. The first kappa shape index (κ1) is 46.6. The second kappa shape index (κ2) is 19.0. The molecule has 3 aromatic carbocycles. The van der Waals surface area contributed by atoms with Gasteiger partial charge in [-0.3, -0.25) is 39.4 Å². The summed E-state index contributed by atoms with van der Waals surface area (Å²) >= 11 is 12.8. The molecule has 2 saturated carbocycles. The van der Waals surface area contributed by atoms with Crippen LogP contribution in [0.5, 0.6) is 0 Å². The molecular weight excluding hydrogens is 911 g/mol. The fourth-order valence-electron chi connectivity index (χ4n) is 12.9. The highest BCUT2D eigenvalue weighted by atomic mass is 35.5. The van der Waals surface area contributed by atoms with Crippen molar-refractivity contribution in [1.29, 1.82) is 0 Å². The van der Waals surface area contributed by atoms with Gasteiger partial charge in [-0.15, -0.1) is 0 Å². The average Bonchev–Trinajstić information content (AvgIpc) is 3.93. The Morgan fingerprint density at radius 3 is 2.37 bits per heavy atom. The maximum Gasteiger partial charge on any atom is 0.255 e. The zero-order chi connectivity index (χ0) is 47.3. The van der Waals surface area contributed by atoms with E-state index in [2.05, 4.69) is 36.8 Å². The minimum absolute atomic E-state index is 0.0314. The molecule has 360 valence electrons. The zero-order valence-corrected chi connectivity index (χ0v) is 39.6. The van der Waals surface area contributed by atoms with Crippen LogP contribution in [0.25, 0.3) is 0 Å². The molecule has 4 atom stereocenters. The molecule has 3 aromatic rings. The number of hydrogen-bond donors (Lipinski definition) is 6. The number of nitrogens with zero attached hydrogens (tertiary/aromatic N) is 2. The van der Waals surface area contributed by atoms with E-state index in [1.54, 1.807) is 35.2 Å². The Balaban J connectivity index is 0.705. The first-order valence-electron chi connectivity index (χ1n) is 24.5. The Labute approximate surface area is 405 Å². The topological polar surface area (TPSA) is 181 Å². The van der Waals surface area contributed by atoms with Crippen molar-refractivity contribution in [2.75, 3.05) is 36.8 Å². The molecule has 1 unspecified atom stereocenters. The lowest BCUT2D eigenvalue weighted by Gasteiger charge is -2.47. The van der Waals surface area contributed by atoms with Gasteiger partial charge in [-0.2, -0.15) is 0 Å². The smallest absolute Gasteiger partial charge is 0.255 e. The van der Waals surface area contributed by atoms with Gasteiger partial charge >= 0.3 is 0 Å². The second-order valence-electron chi connectivity index (χ2n) is 20.0. The van der Waals surface area contributed by atoms with E-state index in [1.807, 2.05) is 18.2 Å². The van der Waals surface area contributed by atoms with Crippen molar-refractivity contribution in [3.63, 3.8) is 0 Å². The molecule has 10 rings (SSSR count). The van der Waals surface area contributed by atoms with Gasteiger partial charge in [0.05, 0.1) is 11.1 Å². The van der Waals surface area contributed by atoms with Crippen molar-refractivity contribution in [1.82, 2.24) is 31.1 Å². The van der Waals surface area contributed by atoms with Gasteiger partial charge in [0.1, 0.15) is 17.3 Å². The number of nitrogens with one attached hydrogen (secondary N) is 6. The van der Waals surface area contributed by atoms with Crippen LogP contribution in [-0.2, 0) is 35.9 Å².